The van der Waals surface area contributed by atoms with Gasteiger partial charge in [-0.2, -0.15) is 0 Å². The molecule has 0 saturated heterocycles. The van der Waals surface area contributed by atoms with Crippen molar-refractivity contribution >= 4 is 0 Å². The average Bonchev–Trinajstić information content (AvgIpc) is 2.26. The first-order chi connectivity index (χ1) is 7.61. The Labute approximate surface area is 97.8 Å². The maximum atomic E-state index is 5.70. The molecule has 0 heterocycles. The van der Waals surface area contributed by atoms with E-state index in [0.717, 1.165) is 17.1 Å². The van der Waals surface area contributed by atoms with Gasteiger partial charge in [0.05, 0.1) is 0 Å². The summed E-state index contributed by atoms with van der Waals surface area (Å²) in [5.41, 5.74) is 2.23. The Balaban J connectivity index is 2.71. The van der Waals surface area contributed by atoms with Crippen molar-refractivity contribution in [3.05, 3.63) is 66.0 Å². The molecule has 16 heavy (non-hydrogen) atoms. The molecule has 0 bridgehead atoms. The highest BCUT2D eigenvalue weighted by Crippen LogP contribution is 2.15. The first kappa shape index (κ1) is 12.3. The Morgan fingerprint density at radius 1 is 1.19 bits per heavy atom. The fraction of sp³-hybridized carbons (Fsp3) is 0.200. The number of hydrogen-bond donors (Lipinski definition) is 0. The van der Waals surface area contributed by atoms with Crippen LogP contribution >= 0.6 is 0 Å². The Bertz CT molecular complexity index is 408. The number of ether oxygens (including phenoxy) is 1. The maximum absolute atomic E-state index is 5.70. The van der Waals surface area contributed by atoms with Gasteiger partial charge < -0.3 is 4.74 Å². The van der Waals surface area contributed by atoms with Crippen LogP contribution in [0.5, 0.6) is 5.75 Å². The molecular weight excluding hydrogens is 196 g/mol. The minimum atomic E-state index is 0.826. The molecule has 0 atom stereocenters. The van der Waals surface area contributed by atoms with E-state index in [-0.39, 0.29) is 0 Å². The molecule has 0 spiro atoms. The molecule has 0 aliphatic rings. The van der Waals surface area contributed by atoms with Gasteiger partial charge in [-0.25, -0.2) is 0 Å². The van der Waals surface area contributed by atoms with E-state index < -0.39 is 0 Å². The summed E-state index contributed by atoms with van der Waals surface area (Å²) in [4.78, 5) is 0. The van der Waals surface area contributed by atoms with Crippen molar-refractivity contribution in [3.63, 3.8) is 0 Å². The van der Waals surface area contributed by atoms with Crippen LogP contribution in [0.3, 0.4) is 0 Å². The van der Waals surface area contributed by atoms with Crippen molar-refractivity contribution in [3.8, 4) is 5.75 Å². The molecule has 1 heteroatoms. The Morgan fingerprint density at radius 2 is 1.81 bits per heavy atom. The molecule has 1 aromatic rings. The summed E-state index contributed by atoms with van der Waals surface area (Å²) in [6.45, 7) is 9.77. The zero-order chi connectivity index (χ0) is 12.0. The highest BCUT2D eigenvalue weighted by atomic mass is 16.5. The lowest BCUT2D eigenvalue weighted by Gasteiger charge is -2.06. The molecule has 0 aliphatic heterocycles. The van der Waals surface area contributed by atoms with Crippen molar-refractivity contribution in [2.45, 2.75) is 20.8 Å². The molecule has 0 radical (unpaired) electrons. The van der Waals surface area contributed by atoms with Crippen molar-refractivity contribution in [2.75, 3.05) is 0 Å². The monoisotopic (exact) mass is 214 g/mol. The second kappa shape index (κ2) is 5.96. The van der Waals surface area contributed by atoms with E-state index in [1.54, 1.807) is 0 Å². The van der Waals surface area contributed by atoms with Crippen molar-refractivity contribution in [2.24, 2.45) is 0 Å². The number of allylic oxidation sites excluding steroid dienone is 4. The van der Waals surface area contributed by atoms with E-state index in [0.29, 0.717) is 0 Å². The zero-order valence-electron chi connectivity index (χ0n) is 10.2. The van der Waals surface area contributed by atoms with E-state index >= 15 is 0 Å². The quantitative estimate of drug-likeness (QED) is 0.533. The van der Waals surface area contributed by atoms with Crippen LogP contribution < -0.4 is 4.74 Å². The molecule has 0 aliphatic carbocycles. The van der Waals surface area contributed by atoms with Crippen LogP contribution in [-0.2, 0) is 0 Å². The first-order valence-electron chi connectivity index (χ1n) is 5.36. The summed E-state index contributed by atoms with van der Waals surface area (Å²) < 4.78 is 5.70. The van der Waals surface area contributed by atoms with E-state index in [2.05, 4.69) is 13.5 Å². The standard InChI is InChI=1S/C15H18O/c1-5-14(9-6-12(2)3)16-15-10-7-13(4)8-11-15/h5-11H,2H2,1,3-4H3/b9-6-,14-5+. The highest BCUT2D eigenvalue weighted by Gasteiger charge is 1.95. The van der Waals surface area contributed by atoms with Gasteiger partial charge in [0.1, 0.15) is 11.5 Å². The van der Waals surface area contributed by atoms with Gasteiger partial charge in [0.15, 0.2) is 0 Å². The maximum Gasteiger partial charge on any atom is 0.127 e. The molecule has 0 N–H and O–H groups in total. The molecule has 1 aromatic carbocycles. The van der Waals surface area contributed by atoms with E-state index in [1.807, 2.05) is 56.3 Å². The SMILES string of the molecule is C=C(C)/C=C\C(=C/C)Oc1ccc(C)cc1. The summed E-state index contributed by atoms with van der Waals surface area (Å²) in [6.07, 6.45) is 5.78. The van der Waals surface area contributed by atoms with Crippen LogP contribution in [-0.4, -0.2) is 0 Å². The van der Waals surface area contributed by atoms with Gasteiger partial charge in [-0.3, -0.25) is 0 Å². The predicted octanol–water partition coefficient (Wildman–Crippen LogP) is 4.41. The van der Waals surface area contributed by atoms with E-state index in [1.165, 1.54) is 5.56 Å². The Hall–Kier alpha value is -1.76. The minimum absolute atomic E-state index is 0.826. The third-order valence-electron chi connectivity index (χ3n) is 2.07. The summed E-state index contributed by atoms with van der Waals surface area (Å²) in [7, 11) is 0. The molecule has 0 saturated carbocycles. The lowest BCUT2D eigenvalue weighted by molar-refractivity contribution is 0.443. The molecule has 0 fully saturated rings. The second-order valence-corrected chi connectivity index (χ2v) is 3.79. The van der Waals surface area contributed by atoms with E-state index in [4.69, 9.17) is 4.74 Å². The molecular formula is C15H18O. The third-order valence-corrected chi connectivity index (χ3v) is 2.07. The summed E-state index contributed by atoms with van der Waals surface area (Å²) in [6, 6.07) is 8.00. The number of hydrogen-bond acceptors (Lipinski definition) is 1. The summed E-state index contributed by atoms with van der Waals surface area (Å²) in [5.74, 6) is 1.68. The molecule has 0 aromatic heterocycles. The van der Waals surface area contributed by atoms with Crippen LogP contribution in [0.1, 0.15) is 19.4 Å². The van der Waals surface area contributed by atoms with Crippen molar-refractivity contribution in [1.82, 2.24) is 0 Å². The number of rotatable bonds is 4. The Morgan fingerprint density at radius 3 is 2.31 bits per heavy atom. The third kappa shape index (κ3) is 4.18. The molecule has 1 rings (SSSR count). The minimum Gasteiger partial charge on any atom is -0.458 e. The molecule has 0 amide bonds. The predicted molar refractivity (Wildman–Crippen MR) is 69.5 cm³/mol. The van der Waals surface area contributed by atoms with Gasteiger partial charge in [-0.1, -0.05) is 35.9 Å². The van der Waals surface area contributed by atoms with Crippen LogP contribution in [0.2, 0.25) is 0 Å². The molecule has 1 nitrogen and oxygen atoms in total. The van der Waals surface area contributed by atoms with Crippen molar-refractivity contribution in [1.29, 1.82) is 0 Å². The lowest BCUT2D eigenvalue weighted by Crippen LogP contribution is -1.91. The second-order valence-electron chi connectivity index (χ2n) is 3.79. The van der Waals surface area contributed by atoms with Gasteiger partial charge in [-0.05, 0) is 45.1 Å². The van der Waals surface area contributed by atoms with Crippen LogP contribution in [0, 0.1) is 6.92 Å². The lowest BCUT2D eigenvalue weighted by atomic mass is 10.2. The van der Waals surface area contributed by atoms with Gasteiger partial charge in [0.2, 0.25) is 0 Å². The number of benzene rings is 1. The number of aryl methyl sites for hydroxylation is 1. The fourth-order valence-electron chi connectivity index (χ4n) is 1.16. The smallest absolute Gasteiger partial charge is 0.127 e. The largest absolute Gasteiger partial charge is 0.458 e. The Kier molecular flexibility index (Phi) is 4.59. The van der Waals surface area contributed by atoms with Crippen LogP contribution in [0.15, 0.2) is 60.4 Å². The first-order valence-corrected chi connectivity index (χ1v) is 5.36. The van der Waals surface area contributed by atoms with Crippen LogP contribution in [0.25, 0.3) is 0 Å². The molecule has 0 unspecified atom stereocenters. The summed E-state index contributed by atoms with van der Waals surface area (Å²) >= 11 is 0. The average molecular weight is 214 g/mol. The molecule has 84 valence electrons. The zero-order valence-corrected chi connectivity index (χ0v) is 10.2. The summed E-state index contributed by atoms with van der Waals surface area (Å²) in [5, 5.41) is 0. The highest BCUT2D eigenvalue weighted by molar-refractivity contribution is 5.30. The normalized spacial score (nSPS) is 11.8. The van der Waals surface area contributed by atoms with E-state index in [9.17, 15) is 0 Å². The fourth-order valence-corrected chi connectivity index (χ4v) is 1.16. The van der Waals surface area contributed by atoms with Crippen LogP contribution in [0.4, 0.5) is 0 Å². The topological polar surface area (TPSA) is 9.23 Å². The van der Waals surface area contributed by atoms with Crippen molar-refractivity contribution < 1.29 is 4.74 Å². The van der Waals surface area contributed by atoms with Gasteiger partial charge >= 0.3 is 0 Å². The van der Waals surface area contributed by atoms with Gasteiger partial charge in [0.25, 0.3) is 0 Å². The van der Waals surface area contributed by atoms with Gasteiger partial charge in [0, 0.05) is 0 Å². The van der Waals surface area contributed by atoms with Gasteiger partial charge in [-0.15, -0.1) is 0 Å².